The third kappa shape index (κ3) is 2.07. The highest BCUT2D eigenvalue weighted by atomic mass is 35.5. The van der Waals surface area contributed by atoms with Crippen LogP contribution in [0.1, 0.15) is 5.56 Å². The van der Waals surface area contributed by atoms with Crippen molar-refractivity contribution in [2.75, 3.05) is 6.61 Å². The van der Waals surface area contributed by atoms with E-state index in [1.165, 1.54) is 6.08 Å². The number of benzene rings is 1. The van der Waals surface area contributed by atoms with Gasteiger partial charge in [0, 0.05) is 5.02 Å². The molecular formula is C11H7ClO3. The second-order valence-electron chi connectivity index (χ2n) is 3.11. The van der Waals surface area contributed by atoms with Crippen molar-refractivity contribution in [2.45, 2.75) is 0 Å². The molecule has 1 fully saturated rings. The summed E-state index contributed by atoms with van der Waals surface area (Å²) in [6.45, 7) is -0.155. The minimum atomic E-state index is -0.560. The molecule has 0 radical (unpaired) electrons. The standard InChI is InChI=1S/C11H7ClO3/c12-8-3-1-7(2-4-8)5-9-10(13)6-15-11(9)14/h1-5H,6H2/b9-5+. The third-order valence-corrected chi connectivity index (χ3v) is 2.29. The van der Waals surface area contributed by atoms with Gasteiger partial charge in [0.05, 0.1) is 0 Å². The van der Waals surface area contributed by atoms with Crippen molar-refractivity contribution in [3.8, 4) is 0 Å². The van der Waals surface area contributed by atoms with Crippen LogP contribution in [0.3, 0.4) is 0 Å². The number of hydrogen-bond acceptors (Lipinski definition) is 3. The lowest BCUT2D eigenvalue weighted by atomic mass is 10.1. The molecule has 0 bridgehead atoms. The average molecular weight is 223 g/mol. The Morgan fingerprint density at radius 2 is 1.87 bits per heavy atom. The molecule has 76 valence electrons. The van der Waals surface area contributed by atoms with Gasteiger partial charge in [0.25, 0.3) is 0 Å². The molecule has 0 N–H and O–H groups in total. The Kier molecular flexibility index (Phi) is 2.56. The molecule has 0 saturated carbocycles. The average Bonchev–Trinajstić information content (AvgIpc) is 2.53. The lowest BCUT2D eigenvalue weighted by molar-refractivity contribution is -0.135. The van der Waals surface area contributed by atoms with Gasteiger partial charge in [-0.15, -0.1) is 0 Å². The molecule has 1 aliphatic heterocycles. The summed E-state index contributed by atoms with van der Waals surface area (Å²) in [4.78, 5) is 22.3. The summed E-state index contributed by atoms with van der Waals surface area (Å²) in [6.07, 6.45) is 1.51. The molecule has 0 aliphatic carbocycles. The summed E-state index contributed by atoms with van der Waals surface area (Å²) >= 11 is 5.71. The molecule has 2 rings (SSSR count). The molecule has 0 unspecified atom stereocenters. The summed E-state index contributed by atoms with van der Waals surface area (Å²) in [5.74, 6) is -0.843. The van der Waals surface area contributed by atoms with Gasteiger partial charge in [-0.25, -0.2) is 4.79 Å². The van der Waals surface area contributed by atoms with E-state index in [-0.39, 0.29) is 18.0 Å². The van der Waals surface area contributed by atoms with Crippen LogP contribution in [0.4, 0.5) is 0 Å². The number of carbonyl (C=O) groups is 2. The van der Waals surface area contributed by atoms with Crippen LogP contribution in [0.25, 0.3) is 6.08 Å². The van der Waals surface area contributed by atoms with Crippen molar-refractivity contribution in [1.29, 1.82) is 0 Å². The summed E-state index contributed by atoms with van der Waals surface area (Å²) in [7, 11) is 0. The van der Waals surface area contributed by atoms with Gasteiger partial charge in [-0.05, 0) is 23.8 Å². The van der Waals surface area contributed by atoms with Gasteiger partial charge in [0.1, 0.15) is 5.57 Å². The number of ketones is 1. The van der Waals surface area contributed by atoms with E-state index in [1.807, 2.05) is 0 Å². The molecule has 0 aromatic heterocycles. The first-order valence-electron chi connectivity index (χ1n) is 4.34. The fourth-order valence-electron chi connectivity index (χ4n) is 1.27. The Balaban J connectivity index is 2.33. The largest absolute Gasteiger partial charge is 0.454 e. The number of rotatable bonds is 1. The second kappa shape index (κ2) is 3.87. The highest BCUT2D eigenvalue weighted by molar-refractivity contribution is 6.30. The predicted molar refractivity (Wildman–Crippen MR) is 55.4 cm³/mol. The van der Waals surface area contributed by atoms with Crippen molar-refractivity contribution in [3.63, 3.8) is 0 Å². The third-order valence-electron chi connectivity index (χ3n) is 2.04. The molecule has 4 heteroatoms. The smallest absolute Gasteiger partial charge is 0.342 e. The number of halogens is 1. The van der Waals surface area contributed by atoms with Crippen LogP contribution in [0.5, 0.6) is 0 Å². The zero-order valence-electron chi connectivity index (χ0n) is 7.70. The van der Waals surface area contributed by atoms with Crippen molar-refractivity contribution in [1.82, 2.24) is 0 Å². The van der Waals surface area contributed by atoms with Crippen LogP contribution in [0.2, 0.25) is 5.02 Å². The van der Waals surface area contributed by atoms with Gasteiger partial charge in [-0.2, -0.15) is 0 Å². The normalized spacial score (nSPS) is 18.3. The summed E-state index contributed by atoms with van der Waals surface area (Å²) in [5.41, 5.74) is 0.846. The number of ether oxygens (including phenoxy) is 1. The Hall–Kier alpha value is -1.61. The van der Waals surface area contributed by atoms with Gasteiger partial charge in [0.15, 0.2) is 6.61 Å². The van der Waals surface area contributed by atoms with E-state index < -0.39 is 5.97 Å². The van der Waals surface area contributed by atoms with E-state index in [9.17, 15) is 9.59 Å². The predicted octanol–water partition coefficient (Wildman–Crippen LogP) is 1.85. The zero-order valence-corrected chi connectivity index (χ0v) is 8.45. The monoisotopic (exact) mass is 222 g/mol. The SMILES string of the molecule is O=C1COC(=O)/C1=C/c1ccc(Cl)cc1. The number of cyclic esters (lactones) is 1. The minimum absolute atomic E-state index is 0.0947. The Bertz CT molecular complexity index is 427. The molecule has 1 aromatic carbocycles. The number of esters is 1. The van der Waals surface area contributed by atoms with E-state index in [2.05, 4.69) is 4.74 Å². The molecule has 1 heterocycles. The van der Waals surface area contributed by atoms with Gasteiger partial charge in [0.2, 0.25) is 5.78 Å². The zero-order chi connectivity index (χ0) is 10.8. The van der Waals surface area contributed by atoms with Gasteiger partial charge < -0.3 is 4.74 Å². The van der Waals surface area contributed by atoms with E-state index >= 15 is 0 Å². The molecule has 3 nitrogen and oxygen atoms in total. The van der Waals surface area contributed by atoms with Crippen molar-refractivity contribution in [2.24, 2.45) is 0 Å². The van der Waals surface area contributed by atoms with Crippen LogP contribution in [0.15, 0.2) is 29.8 Å². The first-order chi connectivity index (χ1) is 7.16. The van der Waals surface area contributed by atoms with Crippen molar-refractivity contribution < 1.29 is 14.3 Å². The summed E-state index contributed by atoms with van der Waals surface area (Å²) in [6, 6.07) is 6.85. The molecule has 1 aromatic rings. The highest BCUT2D eigenvalue weighted by Crippen LogP contribution is 2.16. The van der Waals surface area contributed by atoms with E-state index in [0.29, 0.717) is 5.02 Å². The fourth-order valence-corrected chi connectivity index (χ4v) is 1.39. The van der Waals surface area contributed by atoms with Gasteiger partial charge in [-0.3, -0.25) is 4.79 Å². The first-order valence-corrected chi connectivity index (χ1v) is 4.72. The van der Waals surface area contributed by atoms with Gasteiger partial charge in [-0.1, -0.05) is 23.7 Å². The molecule has 0 amide bonds. The Labute approximate surface area is 91.3 Å². The summed E-state index contributed by atoms with van der Waals surface area (Å²) < 4.78 is 4.59. The lowest BCUT2D eigenvalue weighted by Crippen LogP contribution is -2.00. The van der Waals surface area contributed by atoms with Crippen LogP contribution >= 0.6 is 11.6 Å². The van der Waals surface area contributed by atoms with Crippen LogP contribution in [-0.4, -0.2) is 18.4 Å². The second-order valence-corrected chi connectivity index (χ2v) is 3.55. The fraction of sp³-hybridized carbons (Fsp3) is 0.0909. The maximum absolute atomic E-state index is 11.2. The number of Topliss-reactive ketones (excluding diaryl/α,β-unsaturated/α-hetero) is 1. The molecule has 0 spiro atoms. The Morgan fingerprint density at radius 3 is 2.40 bits per heavy atom. The molecule has 15 heavy (non-hydrogen) atoms. The maximum Gasteiger partial charge on any atom is 0.342 e. The molecule has 0 atom stereocenters. The quantitative estimate of drug-likeness (QED) is 0.414. The highest BCUT2D eigenvalue weighted by Gasteiger charge is 2.27. The first kappa shape index (κ1) is 9.93. The van der Waals surface area contributed by atoms with E-state index in [4.69, 9.17) is 11.6 Å². The maximum atomic E-state index is 11.2. The van der Waals surface area contributed by atoms with Crippen molar-refractivity contribution in [3.05, 3.63) is 40.4 Å². The number of hydrogen-bond donors (Lipinski definition) is 0. The lowest BCUT2D eigenvalue weighted by Gasteiger charge is -1.94. The van der Waals surface area contributed by atoms with Gasteiger partial charge >= 0.3 is 5.97 Å². The summed E-state index contributed by atoms with van der Waals surface area (Å²) in [5, 5.41) is 0.609. The van der Waals surface area contributed by atoms with E-state index in [1.54, 1.807) is 24.3 Å². The van der Waals surface area contributed by atoms with Crippen LogP contribution in [-0.2, 0) is 14.3 Å². The molecular weight excluding hydrogens is 216 g/mol. The van der Waals surface area contributed by atoms with Crippen LogP contribution in [0, 0.1) is 0 Å². The van der Waals surface area contributed by atoms with Crippen molar-refractivity contribution >= 4 is 29.4 Å². The number of carbonyl (C=O) groups excluding carboxylic acids is 2. The topological polar surface area (TPSA) is 43.4 Å². The molecule has 1 saturated heterocycles. The Morgan fingerprint density at radius 1 is 1.20 bits per heavy atom. The minimum Gasteiger partial charge on any atom is -0.454 e. The van der Waals surface area contributed by atoms with E-state index in [0.717, 1.165) is 5.56 Å². The van der Waals surface area contributed by atoms with Crippen LogP contribution < -0.4 is 0 Å². The molecule has 1 aliphatic rings.